The fourth-order valence-electron chi connectivity index (χ4n) is 3.63. The number of nitrogens with zero attached hydrogens (tertiary/aromatic N) is 3. The Hall–Kier alpha value is -1.82. The van der Waals surface area contributed by atoms with Crippen LogP contribution < -0.4 is 0 Å². The molecule has 2 atom stereocenters. The smallest absolute Gasteiger partial charge is 0.253 e. The van der Waals surface area contributed by atoms with Crippen LogP contribution in [0.5, 0.6) is 0 Å². The van der Waals surface area contributed by atoms with Gasteiger partial charge in [0.2, 0.25) is 0 Å². The molecule has 2 aliphatic rings. The number of allylic oxidation sites excluding steroid dienone is 1. The first-order valence-corrected chi connectivity index (χ1v) is 8.37. The molecule has 0 saturated carbocycles. The molecule has 0 spiro atoms. The molecular weight excluding hydrogens is 294 g/mol. The van der Waals surface area contributed by atoms with Crippen LogP contribution in [0.15, 0.2) is 23.7 Å². The maximum atomic E-state index is 12.9. The number of aliphatic hydroxyl groups is 1. The third kappa shape index (κ3) is 3.13. The molecule has 126 valence electrons. The van der Waals surface area contributed by atoms with E-state index in [-0.39, 0.29) is 24.3 Å². The van der Waals surface area contributed by atoms with Crippen LogP contribution in [0.25, 0.3) is 0 Å². The Kier molecular flexibility index (Phi) is 4.71. The van der Waals surface area contributed by atoms with Gasteiger partial charge in [-0.05, 0) is 18.4 Å². The van der Waals surface area contributed by atoms with Gasteiger partial charge in [-0.2, -0.15) is 5.10 Å². The van der Waals surface area contributed by atoms with Crippen molar-refractivity contribution in [2.45, 2.75) is 32.1 Å². The third-order valence-electron chi connectivity index (χ3n) is 4.88. The van der Waals surface area contributed by atoms with E-state index in [4.69, 9.17) is 4.74 Å². The van der Waals surface area contributed by atoms with Gasteiger partial charge >= 0.3 is 0 Å². The van der Waals surface area contributed by atoms with Crippen LogP contribution >= 0.6 is 0 Å². The molecule has 3 heterocycles. The highest BCUT2D eigenvalue weighted by atomic mass is 16.5. The largest absolute Gasteiger partial charge is 0.497 e. The molecule has 1 fully saturated rings. The Morgan fingerprint density at radius 1 is 1.48 bits per heavy atom. The van der Waals surface area contributed by atoms with Crippen LogP contribution in [0.2, 0.25) is 0 Å². The highest BCUT2D eigenvalue weighted by Gasteiger charge is 2.38. The fraction of sp³-hybridized carbons (Fsp3) is 0.647. The van der Waals surface area contributed by atoms with Crippen molar-refractivity contribution >= 4 is 5.91 Å². The number of carbonyl (C=O) groups is 1. The minimum absolute atomic E-state index is 0.0679. The van der Waals surface area contributed by atoms with Crippen LogP contribution in [-0.2, 0) is 16.6 Å². The number of rotatable bonds is 4. The van der Waals surface area contributed by atoms with Crippen molar-refractivity contribution in [3.8, 4) is 0 Å². The van der Waals surface area contributed by atoms with Gasteiger partial charge in [0.05, 0.1) is 18.4 Å². The number of amides is 1. The van der Waals surface area contributed by atoms with Crippen molar-refractivity contribution in [3.05, 3.63) is 29.3 Å². The lowest BCUT2D eigenvalue weighted by Gasteiger charge is -2.24. The van der Waals surface area contributed by atoms with Crippen molar-refractivity contribution < 1.29 is 14.6 Å². The average molecular weight is 319 g/mol. The van der Waals surface area contributed by atoms with Crippen molar-refractivity contribution in [3.63, 3.8) is 0 Å². The van der Waals surface area contributed by atoms with Gasteiger partial charge in [0.1, 0.15) is 5.76 Å². The summed E-state index contributed by atoms with van der Waals surface area (Å²) >= 11 is 0. The molecule has 6 heteroatoms. The number of likely N-dealkylation sites (tertiary alicyclic amines) is 1. The van der Waals surface area contributed by atoms with Crippen LogP contribution in [0, 0.1) is 5.92 Å². The van der Waals surface area contributed by atoms with Crippen molar-refractivity contribution in [2.24, 2.45) is 13.0 Å². The summed E-state index contributed by atoms with van der Waals surface area (Å²) < 4.78 is 7.42. The lowest BCUT2D eigenvalue weighted by molar-refractivity contribution is -0.127. The Morgan fingerprint density at radius 2 is 2.30 bits per heavy atom. The highest BCUT2D eigenvalue weighted by Crippen LogP contribution is 2.34. The second kappa shape index (κ2) is 6.74. The summed E-state index contributed by atoms with van der Waals surface area (Å²) in [7, 11) is 1.88. The van der Waals surface area contributed by atoms with Gasteiger partial charge in [-0.25, -0.2) is 0 Å². The van der Waals surface area contributed by atoms with Crippen LogP contribution in [0.3, 0.4) is 0 Å². The summed E-state index contributed by atoms with van der Waals surface area (Å²) in [5, 5.41) is 13.9. The van der Waals surface area contributed by atoms with Gasteiger partial charge in [0.15, 0.2) is 0 Å². The molecule has 2 aliphatic heterocycles. The Morgan fingerprint density at radius 3 is 2.96 bits per heavy atom. The van der Waals surface area contributed by atoms with E-state index >= 15 is 0 Å². The summed E-state index contributed by atoms with van der Waals surface area (Å²) in [4.78, 5) is 14.8. The van der Waals surface area contributed by atoms with E-state index in [0.717, 1.165) is 36.2 Å². The quantitative estimate of drug-likeness (QED) is 0.911. The first kappa shape index (κ1) is 16.1. The Balaban J connectivity index is 1.79. The van der Waals surface area contributed by atoms with Crippen LogP contribution in [0.4, 0.5) is 0 Å². The zero-order valence-corrected chi connectivity index (χ0v) is 13.9. The number of ether oxygens (including phenoxy) is 1. The molecular formula is C17H25N3O3. The molecule has 6 nitrogen and oxygen atoms in total. The summed E-state index contributed by atoms with van der Waals surface area (Å²) in [6.45, 7) is 4.04. The fourth-order valence-corrected chi connectivity index (χ4v) is 3.63. The molecule has 1 amide bonds. The summed E-state index contributed by atoms with van der Waals surface area (Å²) in [5.74, 6) is 1.13. The molecule has 0 aliphatic carbocycles. The van der Waals surface area contributed by atoms with E-state index in [1.807, 2.05) is 31.3 Å². The minimum atomic E-state index is 0.0679. The normalized spacial score (nSPS) is 24.9. The number of hydrogen-bond acceptors (Lipinski definition) is 4. The van der Waals surface area contributed by atoms with E-state index in [0.29, 0.717) is 19.7 Å². The predicted molar refractivity (Wildman–Crippen MR) is 85.6 cm³/mol. The average Bonchev–Trinajstić information content (AvgIpc) is 3.19. The molecule has 0 radical (unpaired) electrons. The van der Waals surface area contributed by atoms with Gasteiger partial charge in [0.25, 0.3) is 5.91 Å². The second-order valence-electron chi connectivity index (χ2n) is 6.41. The van der Waals surface area contributed by atoms with Crippen molar-refractivity contribution in [1.82, 2.24) is 14.7 Å². The molecule has 3 rings (SSSR count). The topological polar surface area (TPSA) is 67.6 Å². The molecule has 1 aromatic rings. The molecule has 1 aromatic heterocycles. The van der Waals surface area contributed by atoms with E-state index in [1.54, 1.807) is 4.68 Å². The molecule has 23 heavy (non-hydrogen) atoms. The third-order valence-corrected chi connectivity index (χ3v) is 4.88. The molecule has 1 N–H and O–H groups in total. The van der Waals surface area contributed by atoms with E-state index in [1.165, 1.54) is 0 Å². The second-order valence-corrected chi connectivity index (χ2v) is 6.41. The monoisotopic (exact) mass is 319 g/mol. The zero-order chi connectivity index (χ0) is 16.4. The standard InChI is InChI=1S/C17H25N3O3/c1-3-16-14(5-4-6-23-16)17(22)20-9-13(11-21)15(10-20)12-7-18-19(2)8-12/h7-8,13,15,21H,3-6,9-11H2,1-2H3/t13-,15-/m0/s1. The molecule has 1 saturated heterocycles. The SMILES string of the molecule is CCC1=C(C(=O)N2C[C@@H](CO)[C@H](c3cnn(C)c3)C2)CCCO1. The van der Waals surface area contributed by atoms with Crippen LogP contribution in [-0.4, -0.2) is 52.0 Å². The number of carbonyl (C=O) groups excluding carboxylic acids is 1. The van der Waals surface area contributed by atoms with E-state index in [9.17, 15) is 9.90 Å². The van der Waals surface area contributed by atoms with Gasteiger partial charge in [-0.15, -0.1) is 0 Å². The maximum Gasteiger partial charge on any atom is 0.253 e. The first-order chi connectivity index (χ1) is 11.1. The lowest BCUT2D eigenvalue weighted by atomic mass is 9.92. The Bertz CT molecular complexity index is 608. The van der Waals surface area contributed by atoms with Crippen LogP contribution in [0.1, 0.15) is 37.7 Å². The highest BCUT2D eigenvalue weighted by molar-refractivity contribution is 5.94. The zero-order valence-electron chi connectivity index (χ0n) is 13.9. The van der Waals surface area contributed by atoms with Crippen molar-refractivity contribution in [2.75, 3.05) is 26.3 Å². The van der Waals surface area contributed by atoms with Gasteiger partial charge < -0.3 is 14.7 Å². The predicted octanol–water partition coefficient (Wildman–Crippen LogP) is 1.43. The summed E-state index contributed by atoms with van der Waals surface area (Å²) in [6, 6.07) is 0. The lowest BCUT2D eigenvalue weighted by Crippen LogP contribution is -2.32. The van der Waals surface area contributed by atoms with Gasteiger partial charge in [-0.1, -0.05) is 6.92 Å². The molecule has 0 bridgehead atoms. The van der Waals surface area contributed by atoms with Gasteiger partial charge in [0, 0.05) is 51.2 Å². The maximum absolute atomic E-state index is 12.9. The molecule has 0 aromatic carbocycles. The first-order valence-electron chi connectivity index (χ1n) is 8.37. The van der Waals surface area contributed by atoms with E-state index < -0.39 is 0 Å². The molecule has 0 unspecified atom stereocenters. The van der Waals surface area contributed by atoms with Gasteiger partial charge in [-0.3, -0.25) is 9.48 Å². The van der Waals surface area contributed by atoms with E-state index in [2.05, 4.69) is 5.10 Å². The number of aliphatic hydroxyl groups excluding tert-OH is 1. The summed E-state index contributed by atoms with van der Waals surface area (Å²) in [5.41, 5.74) is 1.91. The number of hydrogen-bond donors (Lipinski definition) is 1. The number of aromatic nitrogens is 2. The summed E-state index contributed by atoms with van der Waals surface area (Å²) in [6.07, 6.45) is 6.25. The number of aryl methyl sites for hydroxylation is 1. The minimum Gasteiger partial charge on any atom is -0.497 e. The van der Waals surface area contributed by atoms with Crippen molar-refractivity contribution in [1.29, 1.82) is 0 Å². The Labute approximate surface area is 136 Å².